The lowest BCUT2D eigenvalue weighted by Crippen LogP contribution is -2.21. The number of aliphatic carboxylic acids is 1. The maximum atomic E-state index is 13.2. The first kappa shape index (κ1) is 31.1. The minimum absolute atomic E-state index is 0.0228. The Hall–Kier alpha value is -3.44. The molecular weight excluding hydrogens is 534 g/mol. The number of fused-ring (bicyclic) bond motifs is 1. The molecule has 40 heavy (non-hydrogen) atoms. The summed E-state index contributed by atoms with van der Waals surface area (Å²) >= 11 is 0. The fourth-order valence-electron chi connectivity index (χ4n) is 4.83. The molecule has 2 N–H and O–H groups in total. The highest BCUT2D eigenvalue weighted by Crippen LogP contribution is 2.37. The normalized spacial score (nSPS) is 15.8. The lowest BCUT2D eigenvalue weighted by atomic mass is 9.75. The van der Waals surface area contributed by atoms with E-state index < -0.39 is 21.4 Å². The molecule has 0 aliphatic heterocycles. The van der Waals surface area contributed by atoms with Crippen LogP contribution in [0.1, 0.15) is 81.9 Å². The number of carbonyl (C=O) groups is 1. The Morgan fingerprint density at radius 1 is 1.25 bits per heavy atom. The van der Waals surface area contributed by atoms with Gasteiger partial charge in [0.25, 0.3) is 10.0 Å². The number of aryl methyl sites for hydroxylation is 1. The fraction of sp³-hybridized carbons (Fsp3) is 0.483. The number of hydrogen-bond donors (Lipinski definition) is 2. The van der Waals surface area contributed by atoms with Crippen LogP contribution < -0.4 is 14.6 Å². The standard InChI is InChI=1S/C27H35N3O5S.C2H4O2/c1-6-34-24-12-10-20(15-28-24)17(2)19-8-7-18-9-11-22(14-21(18)13-19)36(32,33)30-26-23(16-31)25(35-29-26)27(3,4)5;1-2(3)4/h9-12,14-15,17,19,31H,6-8,13,16H2,1-5H3,(H,29,30);1H3,(H,3,4)/p-1/t17-,19?;/m0./s1. The van der Waals surface area contributed by atoms with Gasteiger partial charge in [-0.25, -0.2) is 13.4 Å². The highest BCUT2D eigenvalue weighted by atomic mass is 32.2. The molecule has 0 amide bonds. The number of aliphatic hydroxyl groups excluding tert-OH is 1. The van der Waals surface area contributed by atoms with Crippen molar-refractivity contribution in [2.24, 2.45) is 5.92 Å². The van der Waals surface area contributed by atoms with Crippen molar-refractivity contribution in [2.75, 3.05) is 11.3 Å². The van der Waals surface area contributed by atoms with Crippen molar-refractivity contribution < 1.29 is 32.7 Å². The van der Waals surface area contributed by atoms with E-state index in [4.69, 9.17) is 19.2 Å². The smallest absolute Gasteiger partial charge is 0.263 e. The Balaban J connectivity index is 0.00000103. The van der Waals surface area contributed by atoms with Gasteiger partial charge in [0, 0.05) is 23.6 Å². The average Bonchev–Trinajstić information content (AvgIpc) is 3.30. The molecule has 4 rings (SSSR count). The lowest BCUT2D eigenvalue weighted by molar-refractivity contribution is -0.302. The number of carbonyl (C=O) groups excluding carboxylic acids is 1. The van der Waals surface area contributed by atoms with Gasteiger partial charge in [-0.05, 0) is 73.8 Å². The largest absolute Gasteiger partial charge is 0.550 e. The molecule has 3 aromatic rings. The lowest BCUT2D eigenvalue weighted by Gasteiger charge is -2.30. The third kappa shape index (κ3) is 7.60. The van der Waals surface area contributed by atoms with Crippen LogP contribution in [0, 0.1) is 5.92 Å². The quantitative estimate of drug-likeness (QED) is 0.411. The molecule has 0 saturated carbocycles. The first-order valence-electron chi connectivity index (χ1n) is 13.3. The van der Waals surface area contributed by atoms with Crippen molar-refractivity contribution in [3.05, 3.63) is 64.5 Å². The number of hydrogen-bond acceptors (Lipinski definition) is 9. The van der Waals surface area contributed by atoms with Crippen LogP contribution >= 0.6 is 0 Å². The molecule has 10 nitrogen and oxygen atoms in total. The van der Waals surface area contributed by atoms with Gasteiger partial charge in [-0.2, -0.15) is 0 Å². The molecular formula is C29H38N3O7S-. The molecule has 2 heterocycles. The second kappa shape index (κ2) is 12.8. The fourth-order valence-corrected chi connectivity index (χ4v) is 5.91. The van der Waals surface area contributed by atoms with E-state index in [9.17, 15) is 13.5 Å². The highest BCUT2D eigenvalue weighted by molar-refractivity contribution is 7.92. The topological polar surface area (TPSA) is 155 Å². The number of pyridine rings is 1. The predicted octanol–water partition coefficient (Wildman–Crippen LogP) is 3.72. The first-order chi connectivity index (χ1) is 18.8. The minimum Gasteiger partial charge on any atom is -0.550 e. The van der Waals surface area contributed by atoms with Crippen molar-refractivity contribution in [1.82, 2.24) is 10.1 Å². The number of ether oxygens (including phenoxy) is 1. The average molecular weight is 573 g/mol. The van der Waals surface area contributed by atoms with Crippen LogP contribution in [0.2, 0.25) is 0 Å². The Kier molecular flexibility index (Phi) is 9.96. The van der Waals surface area contributed by atoms with Crippen LogP contribution in [0.5, 0.6) is 5.88 Å². The van der Waals surface area contributed by atoms with Gasteiger partial charge in [-0.15, -0.1) is 0 Å². The van der Waals surface area contributed by atoms with Gasteiger partial charge in [-0.3, -0.25) is 4.72 Å². The summed E-state index contributed by atoms with van der Waals surface area (Å²) in [6.07, 6.45) is 4.58. The molecule has 1 unspecified atom stereocenters. The number of anilines is 1. The minimum atomic E-state index is -3.92. The van der Waals surface area contributed by atoms with Gasteiger partial charge in [0.15, 0.2) is 5.82 Å². The van der Waals surface area contributed by atoms with Gasteiger partial charge < -0.3 is 24.3 Å². The summed E-state index contributed by atoms with van der Waals surface area (Å²) in [4.78, 5) is 13.5. The van der Waals surface area contributed by atoms with Crippen LogP contribution in [-0.2, 0) is 39.7 Å². The van der Waals surface area contributed by atoms with Crippen LogP contribution in [0.3, 0.4) is 0 Å². The van der Waals surface area contributed by atoms with E-state index in [1.165, 1.54) is 5.56 Å². The zero-order chi connectivity index (χ0) is 29.7. The summed E-state index contributed by atoms with van der Waals surface area (Å²) in [7, 11) is -3.92. The summed E-state index contributed by atoms with van der Waals surface area (Å²) in [6.45, 7) is 11.0. The molecule has 218 valence electrons. The van der Waals surface area contributed by atoms with Gasteiger partial charge in [0.05, 0.1) is 23.7 Å². The monoisotopic (exact) mass is 572 g/mol. The van der Waals surface area contributed by atoms with E-state index in [2.05, 4.69) is 27.9 Å². The number of aromatic nitrogens is 2. The van der Waals surface area contributed by atoms with Gasteiger partial charge in [0.1, 0.15) is 5.76 Å². The number of nitrogens with one attached hydrogen (secondary N) is 1. The molecule has 0 spiro atoms. The van der Waals surface area contributed by atoms with Crippen molar-refractivity contribution in [2.45, 2.75) is 83.6 Å². The molecule has 2 aromatic heterocycles. The molecule has 0 fully saturated rings. The molecule has 0 radical (unpaired) electrons. The van der Waals surface area contributed by atoms with E-state index in [-0.39, 0.29) is 23.2 Å². The first-order valence-corrected chi connectivity index (χ1v) is 14.8. The van der Waals surface area contributed by atoms with E-state index in [0.717, 1.165) is 37.3 Å². The third-order valence-electron chi connectivity index (χ3n) is 6.90. The molecule has 1 aliphatic rings. The van der Waals surface area contributed by atoms with E-state index >= 15 is 0 Å². The Morgan fingerprint density at radius 3 is 2.52 bits per heavy atom. The molecule has 0 saturated heterocycles. The van der Waals surface area contributed by atoms with Crippen LogP contribution in [0.25, 0.3) is 0 Å². The van der Waals surface area contributed by atoms with Gasteiger partial charge in [-0.1, -0.05) is 45.0 Å². The Bertz CT molecular complexity index is 1410. The van der Waals surface area contributed by atoms with E-state index in [1.807, 2.05) is 46.0 Å². The summed E-state index contributed by atoms with van der Waals surface area (Å²) in [5, 5.41) is 22.6. The number of aliphatic hydroxyl groups is 1. The van der Waals surface area contributed by atoms with Gasteiger partial charge >= 0.3 is 0 Å². The van der Waals surface area contributed by atoms with Crippen LogP contribution in [-0.4, -0.2) is 36.2 Å². The summed E-state index contributed by atoms with van der Waals surface area (Å²) in [5.74, 6) is 0.658. The van der Waals surface area contributed by atoms with Crippen molar-refractivity contribution in [1.29, 1.82) is 0 Å². The van der Waals surface area contributed by atoms with Crippen molar-refractivity contribution in [3.63, 3.8) is 0 Å². The van der Waals surface area contributed by atoms with Crippen molar-refractivity contribution in [3.8, 4) is 5.88 Å². The van der Waals surface area contributed by atoms with E-state index in [0.29, 0.717) is 29.7 Å². The molecule has 0 bridgehead atoms. The number of rotatable bonds is 8. The van der Waals surface area contributed by atoms with E-state index in [1.54, 1.807) is 12.1 Å². The number of nitrogens with zero attached hydrogens (tertiary/aromatic N) is 2. The molecule has 2 atom stereocenters. The summed E-state index contributed by atoms with van der Waals surface area (Å²) < 4.78 is 39.8. The SMILES string of the molecule is CC(=O)[O-].CCOc1ccc([C@@H](C)C2CCc3ccc(S(=O)(=O)Nc4noc(C(C)(C)C)c4CO)cc3C2)cn1. The zero-order valence-electron chi connectivity index (χ0n) is 23.9. The van der Waals surface area contributed by atoms with Crippen molar-refractivity contribution >= 4 is 21.8 Å². The maximum absolute atomic E-state index is 13.2. The number of benzene rings is 1. The molecule has 11 heteroatoms. The molecule has 1 aliphatic carbocycles. The second-order valence-electron chi connectivity index (χ2n) is 10.9. The summed E-state index contributed by atoms with van der Waals surface area (Å²) in [5.41, 5.74) is 3.29. The molecule has 1 aromatic carbocycles. The van der Waals surface area contributed by atoms with Gasteiger partial charge in [0.2, 0.25) is 5.88 Å². The number of carboxylic acids is 1. The van der Waals surface area contributed by atoms with Crippen LogP contribution in [0.4, 0.5) is 5.82 Å². The predicted molar refractivity (Wildman–Crippen MR) is 148 cm³/mol. The maximum Gasteiger partial charge on any atom is 0.263 e. The second-order valence-corrected chi connectivity index (χ2v) is 12.6. The number of carboxylic acid groups (broad SMARTS) is 1. The summed E-state index contributed by atoms with van der Waals surface area (Å²) in [6, 6.07) is 9.25. The third-order valence-corrected chi connectivity index (χ3v) is 8.23. The Morgan fingerprint density at radius 2 is 1.95 bits per heavy atom. The Labute approximate surface area is 235 Å². The highest BCUT2D eigenvalue weighted by Gasteiger charge is 2.30. The zero-order valence-corrected chi connectivity index (χ0v) is 24.7. The van der Waals surface area contributed by atoms with Crippen LogP contribution in [0.15, 0.2) is 45.9 Å². The number of sulfonamides is 1.